The minimum absolute atomic E-state index is 0. The lowest BCUT2D eigenvalue weighted by Gasteiger charge is -2.41. The highest BCUT2D eigenvalue weighted by molar-refractivity contribution is 5.86. The third-order valence-electron chi connectivity index (χ3n) is 4.37. The smallest absolute Gasteiger partial charge is 0.242 e. The number of amides is 1. The van der Waals surface area contributed by atoms with E-state index in [1.54, 1.807) is 0 Å². The molecule has 1 rings (SSSR count). The number of nitrogens with two attached hydrogens (primary N) is 1. The van der Waals surface area contributed by atoms with E-state index in [0.29, 0.717) is 5.41 Å². The standard InChI is InChI=1S/C14H28N2O.ClH/c1-5-7-14(4,15)12(17)16-10-8-13(3,6-2)9-11-16;/h5-11,15H2,1-4H3;1H. The molecule has 1 saturated heterocycles. The fourth-order valence-corrected chi connectivity index (χ4v) is 2.59. The number of hydrogen-bond donors (Lipinski definition) is 1. The quantitative estimate of drug-likeness (QED) is 0.858. The number of halogens is 1. The molecule has 1 aliphatic heterocycles. The van der Waals surface area contributed by atoms with E-state index >= 15 is 0 Å². The molecule has 108 valence electrons. The fourth-order valence-electron chi connectivity index (χ4n) is 2.59. The largest absolute Gasteiger partial charge is 0.341 e. The first-order chi connectivity index (χ1) is 7.84. The number of likely N-dealkylation sites (tertiary alicyclic amines) is 1. The molecule has 0 saturated carbocycles. The summed E-state index contributed by atoms with van der Waals surface area (Å²) in [6.07, 6.45) is 5.14. The summed E-state index contributed by atoms with van der Waals surface area (Å²) in [5.74, 6) is 0.137. The van der Waals surface area contributed by atoms with Crippen molar-refractivity contribution in [1.29, 1.82) is 0 Å². The van der Waals surface area contributed by atoms with Crippen LogP contribution in [0.1, 0.15) is 59.8 Å². The first kappa shape index (κ1) is 17.7. The zero-order valence-corrected chi connectivity index (χ0v) is 13.1. The van der Waals surface area contributed by atoms with Crippen molar-refractivity contribution >= 4 is 18.3 Å². The van der Waals surface area contributed by atoms with Gasteiger partial charge in [-0.05, 0) is 31.6 Å². The van der Waals surface area contributed by atoms with Crippen LogP contribution in [0.15, 0.2) is 0 Å². The maximum Gasteiger partial charge on any atom is 0.242 e. The van der Waals surface area contributed by atoms with Gasteiger partial charge in [0.15, 0.2) is 0 Å². The van der Waals surface area contributed by atoms with Gasteiger partial charge in [0.1, 0.15) is 0 Å². The monoisotopic (exact) mass is 276 g/mol. The van der Waals surface area contributed by atoms with E-state index in [4.69, 9.17) is 5.73 Å². The zero-order valence-electron chi connectivity index (χ0n) is 12.3. The van der Waals surface area contributed by atoms with Crippen molar-refractivity contribution in [3.63, 3.8) is 0 Å². The Balaban J connectivity index is 0.00000289. The van der Waals surface area contributed by atoms with Gasteiger partial charge in [0.05, 0.1) is 5.54 Å². The van der Waals surface area contributed by atoms with Gasteiger partial charge in [0.2, 0.25) is 5.91 Å². The van der Waals surface area contributed by atoms with Crippen LogP contribution in [-0.2, 0) is 4.79 Å². The number of nitrogens with zero attached hydrogens (tertiary/aromatic N) is 1. The van der Waals surface area contributed by atoms with Gasteiger partial charge in [0, 0.05) is 13.1 Å². The van der Waals surface area contributed by atoms with Crippen LogP contribution < -0.4 is 5.73 Å². The predicted octanol–water partition coefficient (Wildman–Crippen LogP) is 2.96. The minimum atomic E-state index is -0.672. The van der Waals surface area contributed by atoms with Crippen LogP contribution in [0, 0.1) is 5.41 Å². The number of carbonyl (C=O) groups is 1. The molecule has 0 aromatic rings. The average Bonchev–Trinajstić information content (AvgIpc) is 2.29. The van der Waals surface area contributed by atoms with E-state index < -0.39 is 5.54 Å². The predicted molar refractivity (Wildman–Crippen MR) is 79.0 cm³/mol. The molecule has 2 N–H and O–H groups in total. The normalized spacial score (nSPS) is 21.9. The van der Waals surface area contributed by atoms with Crippen molar-refractivity contribution in [3.05, 3.63) is 0 Å². The minimum Gasteiger partial charge on any atom is -0.341 e. The van der Waals surface area contributed by atoms with Gasteiger partial charge >= 0.3 is 0 Å². The molecule has 3 nitrogen and oxygen atoms in total. The third kappa shape index (κ3) is 4.13. The summed E-state index contributed by atoms with van der Waals surface area (Å²) in [4.78, 5) is 14.3. The van der Waals surface area contributed by atoms with Crippen LogP contribution in [0.4, 0.5) is 0 Å². The van der Waals surface area contributed by atoms with Crippen molar-refractivity contribution in [1.82, 2.24) is 4.90 Å². The maximum atomic E-state index is 12.3. The molecule has 0 radical (unpaired) electrons. The van der Waals surface area contributed by atoms with E-state index in [9.17, 15) is 4.79 Å². The van der Waals surface area contributed by atoms with Gasteiger partial charge in [0.25, 0.3) is 0 Å². The maximum absolute atomic E-state index is 12.3. The van der Waals surface area contributed by atoms with Crippen LogP contribution in [0.5, 0.6) is 0 Å². The van der Waals surface area contributed by atoms with Crippen LogP contribution in [0.2, 0.25) is 0 Å². The second-order valence-electron chi connectivity index (χ2n) is 6.12. The second-order valence-corrected chi connectivity index (χ2v) is 6.12. The first-order valence-corrected chi connectivity index (χ1v) is 6.93. The summed E-state index contributed by atoms with van der Waals surface area (Å²) in [6, 6.07) is 0. The summed E-state index contributed by atoms with van der Waals surface area (Å²) >= 11 is 0. The Bertz CT molecular complexity index is 271. The van der Waals surface area contributed by atoms with Crippen molar-refractivity contribution < 1.29 is 4.79 Å². The summed E-state index contributed by atoms with van der Waals surface area (Å²) in [6.45, 7) is 10.2. The van der Waals surface area contributed by atoms with Crippen LogP contribution >= 0.6 is 12.4 Å². The lowest BCUT2D eigenvalue weighted by molar-refractivity contribution is -0.139. The van der Waals surface area contributed by atoms with E-state index in [1.165, 1.54) is 6.42 Å². The summed E-state index contributed by atoms with van der Waals surface area (Å²) < 4.78 is 0. The molecule has 1 fully saturated rings. The highest BCUT2D eigenvalue weighted by Crippen LogP contribution is 2.34. The van der Waals surface area contributed by atoms with Crippen molar-refractivity contribution in [2.24, 2.45) is 11.1 Å². The molecule has 0 aliphatic carbocycles. The number of piperidine rings is 1. The number of rotatable bonds is 4. The van der Waals surface area contributed by atoms with Crippen molar-refractivity contribution in [2.45, 2.75) is 65.3 Å². The van der Waals surface area contributed by atoms with Gasteiger partial charge in [-0.25, -0.2) is 0 Å². The topological polar surface area (TPSA) is 46.3 Å². The second kappa shape index (κ2) is 6.76. The molecule has 18 heavy (non-hydrogen) atoms. The highest BCUT2D eigenvalue weighted by atomic mass is 35.5. The fraction of sp³-hybridized carbons (Fsp3) is 0.929. The Morgan fingerprint density at radius 1 is 1.33 bits per heavy atom. The van der Waals surface area contributed by atoms with Gasteiger partial charge in [-0.2, -0.15) is 0 Å². The molecule has 0 bridgehead atoms. The van der Waals surface area contributed by atoms with E-state index in [2.05, 4.69) is 20.8 Å². The van der Waals surface area contributed by atoms with Gasteiger partial charge in [-0.3, -0.25) is 4.79 Å². The Morgan fingerprint density at radius 2 is 1.83 bits per heavy atom. The highest BCUT2D eigenvalue weighted by Gasteiger charge is 2.36. The molecule has 4 heteroatoms. The molecular weight excluding hydrogens is 248 g/mol. The van der Waals surface area contributed by atoms with E-state index in [1.807, 2.05) is 11.8 Å². The molecule has 1 unspecified atom stereocenters. The molecule has 1 amide bonds. The Morgan fingerprint density at radius 3 is 2.22 bits per heavy atom. The van der Waals surface area contributed by atoms with Crippen molar-refractivity contribution in [2.75, 3.05) is 13.1 Å². The van der Waals surface area contributed by atoms with Crippen LogP contribution in [0.25, 0.3) is 0 Å². The summed E-state index contributed by atoms with van der Waals surface area (Å²) in [7, 11) is 0. The third-order valence-corrected chi connectivity index (χ3v) is 4.37. The lowest BCUT2D eigenvalue weighted by Crippen LogP contribution is -2.55. The first-order valence-electron chi connectivity index (χ1n) is 6.93. The summed E-state index contributed by atoms with van der Waals surface area (Å²) in [5.41, 5.74) is 5.86. The Kier molecular flexibility index (Phi) is 6.66. The van der Waals surface area contributed by atoms with E-state index in [-0.39, 0.29) is 18.3 Å². The summed E-state index contributed by atoms with van der Waals surface area (Å²) in [5, 5.41) is 0. The molecule has 0 spiro atoms. The average molecular weight is 277 g/mol. The molecular formula is C14H29ClN2O. The SMILES string of the molecule is CCCC(C)(N)C(=O)N1CCC(C)(CC)CC1.Cl. The molecule has 0 aromatic carbocycles. The Hall–Kier alpha value is -0.280. The lowest BCUT2D eigenvalue weighted by atomic mass is 9.78. The number of hydrogen-bond acceptors (Lipinski definition) is 2. The van der Waals surface area contributed by atoms with E-state index in [0.717, 1.165) is 38.8 Å². The zero-order chi connectivity index (χ0) is 13.1. The van der Waals surface area contributed by atoms with Crippen LogP contribution in [-0.4, -0.2) is 29.4 Å². The van der Waals surface area contributed by atoms with Gasteiger partial charge < -0.3 is 10.6 Å². The molecule has 1 aliphatic rings. The number of carbonyl (C=O) groups excluding carboxylic acids is 1. The molecule has 1 atom stereocenters. The molecule has 0 aromatic heterocycles. The van der Waals surface area contributed by atoms with Crippen molar-refractivity contribution in [3.8, 4) is 0 Å². The van der Waals surface area contributed by atoms with Gasteiger partial charge in [-0.1, -0.05) is 33.6 Å². The van der Waals surface area contributed by atoms with Gasteiger partial charge in [-0.15, -0.1) is 12.4 Å². The van der Waals surface area contributed by atoms with Crippen LogP contribution in [0.3, 0.4) is 0 Å². The molecule has 1 heterocycles. The Labute approximate surface area is 118 Å².